The molecule has 5 nitrogen and oxygen atoms in total. The fourth-order valence-corrected chi connectivity index (χ4v) is 3.23. The van der Waals surface area contributed by atoms with Crippen LogP contribution in [-0.4, -0.2) is 18.2 Å². The summed E-state index contributed by atoms with van der Waals surface area (Å²) in [4.78, 5) is 0.127. The Hall–Kier alpha value is -1.53. The van der Waals surface area contributed by atoms with Crippen molar-refractivity contribution in [2.75, 3.05) is 4.72 Å². The Kier molecular flexibility index (Phi) is 3.56. The first-order valence-electron chi connectivity index (χ1n) is 5.60. The summed E-state index contributed by atoms with van der Waals surface area (Å²) in [7, 11) is -1.89. The first-order valence-corrected chi connectivity index (χ1v) is 7.46. The van der Waals surface area contributed by atoms with Gasteiger partial charge in [-0.2, -0.15) is 5.10 Å². The topological polar surface area (TPSA) is 64.0 Å². The molecule has 0 aliphatic carbocycles. The molecule has 102 valence electrons. The molecule has 0 unspecified atom stereocenters. The number of rotatable bonds is 3. The lowest BCUT2D eigenvalue weighted by molar-refractivity contribution is 0.601. The van der Waals surface area contributed by atoms with Crippen LogP contribution in [0.25, 0.3) is 0 Å². The van der Waals surface area contributed by atoms with Crippen LogP contribution in [0.1, 0.15) is 11.4 Å². The van der Waals surface area contributed by atoms with Gasteiger partial charge in [0.1, 0.15) is 0 Å². The fourth-order valence-electron chi connectivity index (χ4n) is 1.75. The zero-order valence-corrected chi connectivity index (χ0v) is 12.4. The molecule has 19 heavy (non-hydrogen) atoms. The molecule has 0 fully saturated rings. The van der Waals surface area contributed by atoms with Crippen molar-refractivity contribution in [3.8, 4) is 0 Å². The number of benzene rings is 1. The van der Waals surface area contributed by atoms with Gasteiger partial charge in [0.05, 0.1) is 22.0 Å². The number of hydrogen-bond acceptors (Lipinski definition) is 3. The fraction of sp³-hybridized carbons (Fsp3) is 0.250. The van der Waals surface area contributed by atoms with E-state index in [2.05, 4.69) is 9.82 Å². The van der Waals surface area contributed by atoms with Crippen LogP contribution in [0, 0.1) is 13.8 Å². The van der Waals surface area contributed by atoms with Crippen LogP contribution >= 0.6 is 11.6 Å². The van der Waals surface area contributed by atoms with Crippen LogP contribution in [0.3, 0.4) is 0 Å². The monoisotopic (exact) mass is 299 g/mol. The van der Waals surface area contributed by atoms with Crippen molar-refractivity contribution in [2.45, 2.75) is 18.7 Å². The van der Waals surface area contributed by atoms with Gasteiger partial charge >= 0.3 is 0 Å². The minimum Gasteiger partial charge on any atom is -0.276 e. The standard InChI is InChI=1S/C12H14ClN3O2S/c1-8-12(9(2)16(3)14-8)15-19(17,18)11-6-4-5-10(13)7-11/h4-7,15H,1-3H3. The number of anilines is 1. The van der Waals surface area contributed by atoms with Crippen molar-refractivity contribution in [2.24, 2.45) is 7.05 Å². The normalized spacial score (nSPS) is 11.6. The molecule has 0 bridgehead atoms. The van der Waals surface area contributed by atoms with Crippen LogP contribution in [-0.2, 0) is 17.1 Å². The van der Waals surface area contributed by atoms with E-state index in [0.29, 0.717) is 16.4 Å². The lowest BCUT2D eigenvalue weighted by Crippen LogP contribution is -2.14. The third kappa shape index (κ3) is 2.74. The minimum absolute atomic E-state index is 0.127. The lowest BCUT2D eigenvalue weighted by Gasteiger charge is -2.08. The van der Waals surface area contributed by atoms with Crippen LogP contribution in [0.5, 0.6) is 0 Å². The van der Waals surface area contributed by atoms with Crippen molar-refractivity contribution in [3.05, 3.63) is 40.7 Å². The molecule has 2 aromatic rings. The van der Waals surface area contributed by atoms with E-state index in [1.54, 1.807) is 37.7 Å². The van der Waals surface area contributed by atoms with Crippen molar-refractivity contribution in [1.29, 1.82) is 0 Å². The number of nitrogens with one attached hydrogen (secondary N) is 1. The third-order valence-electron chi connectivity index (χ3n) is 2.85. The van der Waals surface area contributed by atoms with Crippen LogP contribution < -0.4 is 4.72 Å². The van der Waals surface area contributed by atoms with Crippen LogP contribution in [0.15, 0.2) is 29.2 Å². The van der Waals surface area contributed by atoms with Crippen molar-refractivity contribution >= 4 is 27.3 Å². The van der Waals surface area contributed by atoms with Crippen molar-refractivity contribution in [1.82, 2.24) is 9.78 Å². The van der Waals surface area contributed by atoms with Gasteiger partial charge in [0.15, 0.2) is 0 Å². The molecule has 1 aromatic heterocycles. The third-order valence-corrected chi connectivity index (χ3v) is 4.43. The van der Waals surface area contributed by atoms with Crippen molar-refractivity contribution in [3.63, 3.8) is 0 Å². The number of aryl methyl sites for hydroxylation is 2. The molecule has 0 amide bonds. The van der Waals surface area contributed by atoms with Gasteiger partial charge in [-0.05, 0) is 32.0 Å². The lowest BCUT2D eigenvalue weighted by atomic mass is 10.3. The maximum atomic E-state index is 12.3. The van der Waals surface area contributed by atoms with Gasteiger partial charge in [0.25, 0.3) is 10.0 Å². The molecule has 0 aliphatic rings. The second kappa shape index (κ2) is 4.86. The summed E-state index contributed by atoms with van der Waals surface area (Å²) < 4.78 is 28.7. The molecular weight excluding hydrogens is 286 g/mol. The predicted molar refractivity (Wildman–Crippen MR) is 74.9 cm³/mol. The maximum Gasteiger partial charge on any atom is 0.262 e. The molecule has 1 aromatic carbocycles. The van der Waals surface area contributed by atoms with E-state index in [-0.39, 0.29) is 4.90 Å². The molecule has 0 radical (unpaired) electrons. The van der Waals surface area contributed by atoms with Gasteiger partial charge in [-0.15, -0.1) is 0 Å². The molecule has 2 rings (SSSR count). The Morgan fingerprint density at radius 1 is 1.32 bits per heavy atom. The number of hydrogen-bond donors (Lipinski definition) is 1. The number of halogens is 1. The van der Waals surface area contributed by atoms with E-state index >= 15 is 0 Å². The highest BCUT2D eigenvalue weighted by Gasteiger charge is 2.19. The molecule has 0 saturated heterocycles. The summed E-state index contributed by atoms with van der Waals surface area (Å²) in [5, 5.41) is 4.55. The van der Waals surface area contributed by atoms with E-state index in [0.717, 1.165) is 5.69 Å². The molecule has 0 atom stereocenters. The predicted octanol–water partition coefficient (Wildman–Crippen LogP) is 2.49. The highest BCUT2D eigenvalue weighted by molar-refractivity contribution is 7.92. The van der Waals surface area contributed by atoms with Gasteiger partial charge in [-0.3, -0.25) is 9.40 Å². The molecule has 1 N–H and O–H groups in total. The minimum atomic E-state index is -3.66. The van der Waals surface area contributed by atoms with E-state index < -0.39 is 10.0 Å². The number of sulfonamides is 1. The Morgan fingerprint density at radius 3 is 2.53 bits per heavy atom. The second-order valence-corrected chi connectivity index (χ2v) is 6.35. The molecule has 1 heterocycles. The molecule has 0 saturated carbocycles. The van der Waals surface area contributed by atoms with E-state index in [1.165, 1.54) is 12.1 Å². The van der Waals surface area contributed by atoms with Gasteiger partial charge in [0, 0.05) is 12.1 Å². The Bertz CT molecular complexity index is 723. The van der Waals surface area contributed by atoms with Gasteiger partial charge in [-0.1, -0.05) is 17.7 Å². The van der Waals surface area contributed by atoms with Gasteiger partial charge in [0.2, 0.25) is 0 Å². The molecular formula is C12H14ClN3O2S. The first-order chi connectivity index (χ1) is 8.81. The molecule has 0 spiro atoms. The van der Waals surface area contributed by atoms with E-state index in [4.69, 9.17) is 11.6 Å². The summed E-state index contributed by atoms with van der Waals surface area (Å²) >= 11 is 5.81. The van der Waals surface area contributed by atoms with Crippen LogP contribution in [0.2, 0.25) is 5.02 Å². The highest BCUT2D eigenvalue weighted by atomic mass is 35.5. The maximum absolute atomic E-state index is 12.3. The highest BCUT2D eigenvalue weighted by Crippen LogP contribution is 2.23. The van der Waals surface area contributed by atoms with Crippen molar-refractivity contribution < 1.29 is 8.42 Å². The summed E-state index contributed by atoms with van der Waals surface area (Å²) in [6.07, 6.45) is 0. The summed E-state index contributed by atoms with van der Waals surface area (Å²) in [6.45, 7) is 3.55. The average molecular weight is 300 g/mol. The summed E-state index contributed by atoms with van der Waals surface area (Å²) in [6, 6.07) is 6.13. The largest absolute Gasteiger partial charge is 0.276 e. The zero-order chi connectivity index (χ0) is 14.2. The first kappa shape index (κ1) is 13.9. The van der Waals surface area contributed by atoms with E-state index in [1.807, 2.05) is 0 Å². The quantitative estimate of drug-likeness (QED) is 0.947. The zero-order valence-electron chi connectivity index (χ0n) is 10.8. The second-order valence-electron chi connectivity index (χ2n) is 4.23. The summed E-state index contributed by atoms with van der Waals surface area (Å²) in [5.74, 6) is 0. The molecule has 7 heteroatoms. The SMILES string of the molecule is Cc1nn(C)c(C)c1NS(=O)(=O)c1cccc(Cl)c1. The Morgan fingerprint density at radius 2 is 2.00 bits per heavy atom. The van der Waals surface area contributed by atoms with Crippen LogP contribution in [0.4, 0.5) is 5.69 Å². The van der Waals surface area contributed by atoms with E-state index in [9.17, 15) is 8.42 Å². The van der Waals surface area contributed by atoms with Gasteiger partial charge < -0.3 is 0 Å². The van der Waals surface area contributed by atoms with Gasteiger partial charge in [-0.25, -0.2) is 8.42 Å². The molecule has 0 aliphatic heterocycles. The average Bonchev–Trinajstić information content (AvgIpc) is 2.56. The number of nitrogens with zero attached hydrogens (tertiary/aromatic N) is 2. The smallest absolute Gasteiger partial charge is 0.262 e. The Labute approximate surface area is 117 Å². The number of aromatic nitrogens is 2. The Balaban J connectivity index is 2.42. The summed E-state index contributed by atoms with van der Waals surface area (Å²) in [5.41, 5.74) is 1.89.